The number of piperidine rings is 1. The van der Waals surface area contributed by atoms with Crippen LogP contribution in [0.5, 0.6) is 5.75 Å². The van der Waals surface area contributed by atoms with E-state index in [1.807, 2.05) is 12.1 Å². The average molecular weight is 290 g/mol. The Bertz CT molecular complexity index is 514. The van der Waals surface area contributed by atoms with Crippen LogP contribution in [-0.2, 0) is 0 Å². The number of nitrogens with zero attached hydrogens (tertiary/aromatic N) is 3. The van der Waals surface area contributed by atoms with Crippen LogP contribution in [0.1, 0.15) is 12.8 Å². The lowest BCUT2D eigenvalue weighted by Gasteiger charge is -2.33. The summed E-state index contributed by atoms with van der Waals surface area (Å²) < 4.78 is 5.86. The Kier molecular flexibility index (Phi) is 3.89. The maximum absolute atomic E-state index is 12.2. The van der Waals surface area contributed by atoms with Crippen LogP contribution in [0, 0.1) is 0 Å². The summed E-state index contributed by atoms with van der Waals surface area (Å²) in [6.07, 6.45) is 5.02. The summed E-state index contributed by atoms with van der Waals surface area (Å²) >= 11 is 0. The van der Waals surface area contributed by atoms with Crippen molar-refractivity contribution in [3.63, 3.8) is 0 Å². The number of nitrogens with one attached hydrogen (secondary N) is 1. The number of hydrogen-bond donors (Lipinski definition) is 1. The largest absolute Gasteiger partial charge is 0.490 e. The predicted octanol–water partition coefficient (Wildman–Crippen LogP) is 1.07. The lowest BCUT2D eigenvalue weighted by atomic mass is 10.1. The van der Waals surface area contributed by atoms with Gasteiger partial charge in [-0.25, -0.2) is 14.5 Å². The number of urea groups is 2. The molecular formula is C14H18N4O3. The van der Waals surface area contributed by atoms with Crippen LogP contribution < -0.4 is 10.1 Å². The van der Waals surface area contributed by atoms with Gasteiger partial charge in [-0.3, -0.25) is 4.98 Å². The average Bonchev–Trinajstić information content (AvgIpc) is 2.94. The van der Waals surface area contributed by atoms with Crippen molar-refractivity contribution in [2.45, 2.75) is 18.9 Å². The van der Waals surface area contributed by atoms with Crippen molar-refractivity contribution >= 4 is 12.1 Å². The molecule has 3 rings (SSSR count). The van der Waals surface area contributed by atoms with E-state index in [0.717, 1.165) is 18.6 Å². The van der Waals surface area contributed by atoms with Gasteiger partial charge in [0.15, 0.2) is 0 Å². The van der Waals surface area contributed by atoms with Crippen LogP contribution in [0.2, 0.25) is 0 Å². The molecule has 1 aromatic heterocycles. The summed E-state index contributed by atoms with van der Waals surface area (Å²) in [5.41, 5.74) is 0. The first-order valence-electron chi connectivity index (χ1n) is 7.15. The molecule has 1 aromatic rings. The maximum atomic E-state index is 12.2. The molecule has 2 saturated heterocycles. The van der Waals surface area contributed by atoms with E-state index in [1.54, 1.807) is 17.3 Å². The van der Waals surface area contributed by atoms with Crippen LogP contribution in [0.3, 0.4) is 0 Å². The summed E-state index contributed by atoms with van der Waals surface area (Å²) in [5.74, 6) is 0.800. The quantitative estimate of drug-likeness (QED) is 0.884. The SMILES string of the molecule is O=C1NCCN1C(=O)N1CCC(Oc2ccncc2)CC1. The fraction of sp³-hybridized carbons (Fsp3) is 0.500. The number of rotatable bonds is 2. The smallest absolute Gasteiger partial charge is 0.328 e. The molecule has 0 radical (unpaired) electrons. The highest BCUT2D eigenvalue weighted by atomic mass is 16.5. The predicted molar refractivity (Wildman–Crippen MR) is 75.0 cm³/mol. The highest BCUT2D eigenvalue weighted by Gasteiger charge is 2.32. The first-order chi connectivity index (χ1) is 10.2. The lowest BCUT2D eigenvalue weighted by molar-refractivity contribution is 0.101. The summed E-state index contributed by atoms with van der Waals surface area (Å²) in [6.45, 7) is 2.20. The molecule has 3 heterocycles. The second-order valence-electron chi connectivity index (χ2n) is 5.15. The van der Waals surface area contributed by atoms with Crippen molar-refractivity contribution in [1.29, 1.82) is 0 Å². The highest BCUT2D eigenvalue weighted by Crippen LogP contribution is 2.19. The number of ether oxygens (including phenoxy) is 1. The zero-order valence-electron chi connectivity index (χ0n) is 11.7. The molecule has 2 fully saturated rings. The van der Waals surface area contributed by atoms with Crippen LogP contribution in [0.25, 0.3) is 0 Å². The van der Waals surface area contributed by atoms with Crippen molar-refractivity contribution in [2.24, 2.45) is 0 Å². The number of likely N-dealkylation sites (tertiary alicyclic amines) is 1. The van der Waals surface area contributed by atoms with E-state index >= 15 is 0 Å². The molecule has 1 N–H and O–H groups in total. The summed E-state index contributed by atoms with van der Waals surface area (Å²) in [7, 11) is 0. The zero-order chi connectivity index (χ0) is 14.7. The standard InChI is InChI=1S/C14H18N4O3/c19-13-16-7-10-18(13)14(20)17-8-3-12(4-9-17)21-11-1-5-15-6-2-11/h1-2,5-6,12H,3-4,7-10H2,(H,16,19). The third kappa shape index (κ3) is 3.07. The van der Waals surface area contributed by atoms with Crippen molar-refractivity contribution in [3.8, 4) is 5.75 Å². The van der Waals surface area contributed by atoms with Crippen LogP contribution >= 0.6 is 0 Å². The number of pyridine rings is 1. The molecule has 0 atom stereocenters. The summed E-state index contributed by atoms with van der Waals surface area (Å²) in [5, 5.41) is 2.64. The number of amides is 4. The van der Waals surface area contributed by atoms with Gasteiger partial charge in [-0.2, -0.15) is 0 Å². The van der Waals surface area contributed by atoms with Gasteiger partial charge in [-0.05, 0) is 12.1 Å². The molecule has 0 aliphatic carbocycles. The van der Waals surface area contributed by atoms with E-state index in [4.69, 9.17) is 4.74 Å². The van der Waals surface area contributed by atoms with Crippen molar-refractivity contribution in [1.82, 2.24) is 20.1 Å². The van der Waals surface area contributed by atoms with Crippen LogP contribution in [0.4, 0.5) is 9.59 Å². The van der Waals surface area contributed by atoms with Gasteiger partial charge in [0.05, 0.1) is 0 Å². The Labute approximate surface area is 122 Å². The molecule has 0 bridgehead atoms. The fourth-order valence-electron chi connectivity index (χ4n) is 2.60. The molecule has 2 aliphatic heterocycles. The Hall–Kier alpha value is -2.31. The number of carbonyl (C=O) groups is 2. The van der Waals surface area contributed by atoms with Gasteiger partial charge in [0.1, 0.15) is 11.9 Å². The minimum absolute atomic E-state index is 0.101. The third-order valence-corrected chi connectivity index (χ3v) is 3.75. The molecule has 0 saturated carbocycles. The topological polar surface area (TPSA) is 74.8 Å². The van der Waals surface area contributed by atoms with E-state index in [-0.39, 0.29) is 18.2 Å². The minimum atomic E-state index is -0.296. The molecule has 7 nitrogen and oxygen atoms in total. The van der Waals surface area contributed by atoms with Crippen LogP contribution in [-0.4, -0.2) is 59.1 Å². The molecule has 21 heavy (non-hydrogen) atoms. The molecule has 7 heteroatoms. The first-order valence-corrected chi connectivity index (χ1v) is 7.15. The van der Waals surface area contributed by atoms with E-state index in [1.165, 1.54) is 4.90 Å². The molecule has 0 aromatic carbocycles. The second-order valence-corrected chi connectivity index (χ2v) is 5.15. The van der Waals surface area contributed by atoms with Gasteiger partial charge in [-0.1, -0.05) is 0 Å². The highest BCUT2D eigenvalue weighted by molar-refractivity contribution is 5.94. The Morgan fingerprint density at radius 2 is 1.95 bits per heavy atom. The minimum Gasteiger partial charge on any atom is -0.490 e. The third-order valence-electron chi connectivity index (χ3n) is 3.75. The van der Waals surface area contributed by atoms with E-state index in [0.29, 0.717) is 26.2 Å². The van der Waals surface area contributed by atoms with Gasteiger partial charge in [0.2, 0.25) is 0 Å². The summed E-state index contributed by atoms with van der Waals surface area (Å²) in [6, 6.07) is 3.15. The molecule has 112 valence electrons. The molecule has 0 unspecified atom stereocenters. The molecule has 2 aliphatic rings. The number of carbonyl (C=O) groups excluding carboxylic acids is 2. The monoisotopic (exact) mass is 290 g/mol. The number of hydrogen-bond acceptors (Lipinski definition) is 4. The Balaban J connectivity index is 1.51. The van der Waals surface area contributed by atoms with Crippen molar-refractivity contribution < 1.29 is 14.3 Å². The summed E-state index contributed by atoms with van der Waals surface area (Å²) in [4.78, 5) is 30.7. The molecule has 4 amide bonds. The Morgan fingerprint density at radius 1 is 1.24 bits per heavy atom. The van der Waals surface area contributed by atoms with Crippen molar-refractivity contribution in [3.05, 3.63) is 24.5 Å². The van der Waals surface area contributed by atoms with Crippen molar-refractivity contribution in [2.75, 3.05) is 26.2 Å². The van der Waals surface area contributed by atoms with Crippen LogP contribution in [0.15, 0.2) is 24.5 Å². The Morgan fingerprint density at radius 3 is 2.57 bits per heavy atom. The van der Waals surface area contributed by atoms with E-state index in [9.17, 15) is 9.59 Å². The van der Waals surface area contributed by atoms with Gasteiger partial charge >= 0.3 is 12.1 Å². The van der Waals surface area contributed by atoms with E-state index in [2.05, 4.69) is 10.3 Å². The second kappa shape index (κ2) is 5.99. The number of imide groups is 1. The lowest BCUT2D eigenvalue weighted by Crippen LogP contribution is -2.49. The van der Waals surface area contributed by atoms with Gasteiger partial charge < -0.3 is 15.0 Å². The van der Waals surface area contributed by atoms with E-state index < -0.39 is 0 Å². The zero-order valence-corrected chi connectivity index (χ0v) is 11.7. The maximum Gasteiger partial charge on any atom is 0.328 e. The van der Waals surface area contributed by atoms with Gasteiger partial charge in [0, 0.05) is 51.4 Å². The normalized spacial score (nSPS) is 19.5. The number of aromatic nitrogens is 1. The fourth-order valence-corrected chi connectivity index (χ4v) is 2.60. The molecule has 0 spiro atoms. The van der Waals surface area contributed by atoms with Gasteiger partial charge in [0.25, 0.3) is 0 Å². The molecular weight excluding hydrogens is 272 g/mol. The first kappa shape index (κ1) is 13.7. The van der Waals surface area contributed by atoms with Gasteiger partial charge in [-0.15, -0.1) is 0 Å².